The number of benzene rings is 1. The molecular weight excluding hydrogens is 309 g/mol. The third-order valence-corrected chi connectivity index (χ3v) is 4.55. The van der Waals surface area contributed by atoms with Crippen molar-refractivity contribution < 1.29 is 23.1 Å². The third kappa shape index (κ3) is 3.35. The number of halogens is 3. The fourth-order valence-electron chi connectivity index (χ4n) is 3.26. The SMILES string of the molecule is O=C(CN1CC(O)CC1c1ccccc1C(F)(F)F)N1CCC1. The molecule has 2 fully saturated rings. The molecule has 1 N–H and O–H groups in total. The second kappa shape index (κ2) is 6.13. The molecule has 0 spiro atoms. The van der Waals surface area contributed by atoms with Crippen molar-refractivity contribution in [2.45, 2.75) is 31.2 Å². The first kappa shape index (κ1) is 16.3. The summed E-state index contributed by atoms with van der Waals surface area (Å²) >= 11 is 0. The number of hydrogen-bond donors (Lipinski definition) is 1. The minimum Gasteiger partial charge on any atom is -0.392 e. The lowest BCUT2D eigenvalue weighted by Crippen LogP contribution is -2.47. The molecule has 1 aromatic rings. The van der Waals surface area contributed by atoms with Crippen LogP contribution in [-0.4, -0.2) is 53.1 Å². The second-order valence-electron chi connectivity index (χ2n) is 6.15. The molecule has 3 rings (SSSR count). The van der Waals surface area contributed by atoms with E-state index in [1.54, 1.807) is 15.9 Å². The fraction of sp³-hybridized carbons (Fsp3) is 0.562. The average molecular weight is 328 g/mol. The molecule has 2 aliphatic rings. The molecule has 0 radical (unpaired) electrons. The maximum absolute atomic E-state index is 13.2. The molecule has 1 amide bonds. The Morgan fingerprint density at radius 2 is 1.96 bits per heavy atom. The Kier molecular flexibility index (Phi) is 4.33. The number of aliphatic hydroxyl groups excluding tert-OH is 1. The van der Waals surface area contributed by atoms with Crippen LogP contribution < -0.4 is 0 Å². The van der Waals surface area contributed by atoms with E-state index in [-0.39, 0.29) is 31.0 Å². The Morgan fingerprint density at radius 1 is 1.26 bits per heavy atom. The van der Waals surface area contributed by atoms with Crippen molar-refractivity contribution in [2.24, 2.45) is 0 Å². The maximum atomic E-state index is 13.2. The highest BCUT2D eigenvalue weighted by atomic mass is 19.4. The van der Waals surface area contributed by atoms with Gasteiger partial charge in [-0.05, 0) is 24.5 Å². The van der Waals surface area contributed by atoms with Crippen LogP contribution >= 0.6 is 0 Å². The van der Waals surface area contributed by atoms with Gasteiger partial charge in [0.25, 0.3) is 0 Å². The summed E-state index contributed by atoms with van der Waals surface area (Å²) in [6.07, 6.45) is -3.99. The number of rotatable bonds is 3. The highest BCUT2D eigenvalue weighted by molar-refractivity contribution is 5.79. The van der Waals surface area contributed by atoms with Gasteiger partial charge < -0.3 is 10.0 Å². The second-order valence-corrected chi connectivity index (χ2v) is 6.15. The standard InChI is InChI=1S/C16H19F3N2O2/c17-16(18,19)13-5-2-1-4-12(13)14-8-11(22)9-21(14)10-15(23)20-6-3-7-20/h1-2,4-5,11,14,22H,3,6-10H2. The van der Waals surface area contributed by atoms with E-state index in [2.05, 4.69) is 0 Å². The zero-order chi connectivity index (χ0) is 16.6. The number of β-amino-alcohol motifs (C(OH)–C–C–N with tert-alkyl or cyclic N) is 1. The van der Waals surface area contributed by atoms with Gasteiger partial charge in [-0.25, -0.2) is 0 Å². The lowest BCUT2D eigenvalue weighted by atomic mass is 9.97. The summed E-state index contributed by atoms with van der Waals surface area (Å²) in [5.74, 6) is -0.0835. The highest BCUT2D eigenvalue weighted by Crippen LogP contribution is 2.40. The number of likely N-dealkylation sites (tertiary alicyclic amines) is 2. The van der Waals surface area contributed by atoms with Crippen LogP contribution in [0.3, 0.4) is 0 Å². The van der Waals surface area contributed by atoms with Crippen molar-refractivity contribution in [3.05, 3.63) is 35.4 Å². The van der Waals surface area contributed by atoms with Gasteiger partial charge in [-0.1, -0.05) is 18.2 Å². The van der Waals surface area contributed by atoms with E-state index in [9.17, 15) is 23.1 Å². The molecule has 0 saturated carbocycles. The van der Waals surface area contributed by atoms with Gasteiger partial charge in [-0.3, -0.25) is 9.69 Å². The number of nitrogens with zero attached hydrogens (tertiary/aromatic N) is 2. The first-order valence-electron chi connectivity index (χ1n) is 7.72. The van der Waals surface area contributed by atoms with Gasteiger partial charge in [0.05, 0.1) is 18.2 Å². The van der Waals surface area contributed by atoms with Crippen LogP contribution in [0.25, 0.3) is 0 Å². The molecule has 1 aromatic carbocycles. The number of aliphatic hydroxyl groups is 1. The topological polar surface area (TPSA) is 43.8 Å². The normalized spacial score (nSPS) is 25.5. The maximum Gasteiger partial charge on any atom is 0.416 e. The van der Waals surface area contributed by atoms with Gasteiger partial charge in [0.15, 0.2) is 0 Å². The zero-order valence-corrected chi connectivity index (χ0v) is 12.6. The van der Waals surface area contributed by atoms with Crippen molar-refractivity contribution >= 4 is 5.91 Å². The van der Waals surface area contributed by atoms with Gasteiger partial charge >= 0.3 is 6.18 Å². The van der Waals surface area contributed by atoms with E-state index in [0.717, 1.165) is 12.5 Å². The summed E-state index contributed by atoms with van der Waals surface area (Å²) in [5.41, 5.74) is -0.562. The van der Waals surface area contributed by atoms with Crippen LogP contribution in [0.5, 0.6) is 0 Å². The van der Waals surface area contributed by atoms with Crippen molar-refractivity contribution in [3.8, 4) is 0 Å². The highest BCUT2D eigenvalue weighted by Gasteiger charge is 2.40. The summed E-state index contributed by atoms with van der Waals surface area (Å²) in [5, 5.41) is 9.90. The minimum absolute atomic E-state index is 0.0495. The van der Waals surface area contributed by atoms with E-state index in [0.29, 0.717) is 13.1 Å². The molecule has 2 atom stereocenters. The van der Waals surface area contributed by atoms with Crippen molar-refractivity contribution in [3.63, 3.8) is 0 Å². The van der Waals surface area contributed by atoms with Crippen LogP contribution in [0.15, 0.2) is 24.3 Å². The molecule has 4 nitrogen and oxygen atoms in total. The molecule has 0 bridgehead atoms. The monoisotopic (exact) mass is 328 g/mol. The molecule has 0 aliphatic carbocycles. The lowest BCUT2D eigenvalue weighted by Gasteiger charge is -2.34. The number of amides is 1. The number of carbonyl (C=O) groups excluding carboxylic acids is 1. The van der Waals surface area contributed by atoms with Gasteiger partial charge in [0, 0.05) is 25.7 Å². The van der Waals surface area contributed by atoms with Gasteiger partial charge in [0.1, 0.15) is 0 Å². The molecular formula is C16H19F3N2O2. The van der Waals surface area contributed by atoms with E-state index in [4.69, 9.17) is 0 Å². The lowest BCUT2D eigenvalue weighted by molar-refractivity contribution is -0.138. The van der Waals surface area contributed by atoms with Crippen molar-refractivity contribution in [2.75, 3.05) is 26.2 Å². The van der Waals surface area contributed by atoms with Crippen molar-refractivity contribution in [1.82, 2.24) is 9.80 Å². The number of alkyl halides is 3. The van der Waals surface area contributed by atoms with Gasteiger partial charge in [0.2, 0.25) is 5.91 Å². The first-order valence-corrected chi connectivity index (χ1v) is 7.72. The van der Waals surface area contributed by atoms with Crippen molar-refractivity contribution in [1.29, 1.82) is 0 Å². The molecule has 2 heterocycles. The Labute approximate surface area is 132 Å². The molecule has 126 valence electrons. The average Bonchev–Trinajstić information content (AvgIpc) is 2.76. The molecule has 2 aliphatic heterocycles. The number of hydrogen-bond acceptors (Lipinski definition) is 3. The van der Waals surface area contributed by atoms with E-state index >= 15 is 0 Å². The first-order chi connectivity index (χ1) is 10.9. The molecule has 23 heavy (non-hydrogen) atoms. The summed E-state index contributed by atoms with van der Waals surface area (Å²) < 4.78 is 39.7. The Morgan fingerprint density at radius 3 is 2.57 bits per heavy atom. The molecule has 2 unspecified atom stereocenters. The van der Waals surface area contributed by atoms with Crippen LogP contribution in [0, 0.1) is 0 Å². The van der Waals surface area contributed by atoms with Crippen LogP contribution in [0.4, 0.5) is 13.2 Å². The van der Waals surface area contributed by atoms with Gasteiger partial charge in [-0.2, -0.15) is 13.2 Å². The Hall–Kier alpha value is -1.60. The van der Waals surface area contributed by atoms with E-state index in [1.807, 2.05) is 0 Å². The number of carbonyl (C=O) groups is 1. The summed E-state index contributed by atoms with van der Waals surface area (Å²) in [4.78, 5) is 15.5. The molecule has 0 aromatic heterocycles. The smallest absolute Gasteiger partial charge is 0.392 e. The van der Waals surface area contributed by atoms with Crippen LogP contribution in [0.2, 0.25) is 0 Å². The predicted octanol–water partition coefficient (Wildman–Crippen LogP) is 2.05. The predicted molar refractivity (Wildman–Crippen MR) is 77.6 cm³/mol. The summed E-state index contributed by atoms with van der Waals surface area (Å²) in [6, 6.07) is 4.81. The zero-order valence-electron chi connectivity index (χ0n) is 12.6. The quantitative estimate of drug-likeness (QED) is 0.923. The molecule has 2 saturated heterocycles. The summed E-state index contributed by atoms with van der Waals surface area (Å²) in [7, 11) is 0. The van der Waals surface area contributed by atoms with Crippen LogP contribution in [0.1, 0.15) is 30.0 Å². The van der Waals surface area contributed by atoms with Crippen LogP contribution in [-0.2, 0) is 11.0 Å². The largest absolute Gasteiger partial charge is 0.416 e. The Balaban J connectivity index is 1.83. The fourth-order valence-corrected chi connectivity index (χ4v) is 3.26. The summed E-state index contributed by atoms with van der Waals surface area (Å²) in [6.45, 7) is 1.68. The van der Waals surface area contributed by atoms with Gasteiger partial charge in [-0.15, -0.1) is 0 Å². The minimum atomic E-state index is -4.45. The molecule has 7 heteroatoms. The third-order valence-electron chi connectivity index (χ3n) is 4.55. The Bertz CT molecular complexity index is 587. The van der Waals surface area contributed by atoms with E-state index < -0.39 is 23.9 Å². The van der Waals surface area contributed by atoms with E-state index in [1.165, 1.54) is 12.1 Å².